The summed E-state index contributed by atoms with van der Waals surface area (Å²) in [5.74, 6) is 1.00. The zero-order valence-electron chi connectivity index (χ0n) is 13.7. The molecule has 2 bridgehead atoms. The van der Waals surface area contributed by atoms with Gasteiger partial charge in [-0.1, -0.05) is 12.1 Å². The molecule has 2 fully saturated rings. The minimum atomic E-state index is 0.225. The second-order valence-corrected chi connectivity index (χ2v) is 6.48. The lowest BCUT2D eigenvalue weighted by Gasteiger charge is -2.38. The van der Waals surface area contributed by atoms with Crippen LogP contribution in [0, 0.1) is 0 Å². The van der Waals surface area contributed by atoms with Crippen molar-refractivity contribution in [2.75, 3.05) is 20.3 Å². The summed E-state index contributed by atoms with van der Waals surface area (Å²) in [6, 6.07) is 8.46. The second kappa shape index (κ2) is 7.32. The van der Waals surface area contributed by atoms with Gasteiger partial charge in [0.15, 0.2) is 0 Å². The molecule has 0 spiro atoms. The van der Waals surface area contributed by atoms with Crippen molar-refractivity contribution in [1.82, 2.24) is 4.90 Å². The molecule has 1 unspecified atom stereocenters. The van der Waals surface area contributed by atoms with Gasteiger partial charge in [-0.25, -0.2) is 0 Å². The number of hydrogen-bond acceptors (Lipinski definition) is 4. The van der Waals surface area contributed by atoms with Gasteiger partial charge in [0.2, 0.25) is 5.91 Å². The van der Waals surface area contributed by atoms with Crippen LogP contribution in [0.4, 0.5) is 0 Å². The second-order valence-electron chi connectivity index (χ2n) is 6.48. The van der Waals surface area contributed by atoms with Crippen molar-refractivity contribution in [1.29, 1.82) is 0 Å². The number of nitrogens with zero attached hydrogens (tertiary/aromatic N) is 1. The van der Waals surface area contributed by atoms with E-state index in [1.54, 1.807) is 7.11 Å². The third kappa shape index (κ3) is 3.67. The Bertz CT molecular complexity index is 535. The van der Waals surface area contributed by atoms with Crippen molar-refractivity contribution in [3.05, 3.63) is 29.8 Å². The van der Waals surface area contributed by atoms with Gasteiger partial charge < -0.3 is 20.1 Å². The Morgan fingerprint density at radius 1 is 1.30 bits per heavy atom. The maximum atomic E-state index is 12.8. The molecular formula is C18H26N2O3. The smallest absolute Gasteiger partial charge is 0.227 e. The van der Waals surface area contributed by atoms with Gasteiger partial charge in [0, 0.05) is 25.7 Å². The van der Waals surface area contributed by atoms with Crippen LogP contribution in [0.5, 0.6) is 5.75 Å². The first-order chi connectivity index (χ1) is 11.2. The summed E-state index contributed by atoms with van der Waals surface area (Å²) in [7, 11) is 1.77. The molecule has 2 N–H and O–H groups in total. The van der Waals surface area contributed by atoms with Gasteiger partial charge in [0.05, 0.1) is 12.5 Å². The van der Waals surface area contributed by atoms with E-state index in [1.807, 2.05) is 24.3 Å². The van der Waals surface area contributed by atoms with Crippen molar-refractivity contribution in [3.8, 4) is 5.75 Å². The number of fused-ring (bicyclic) bond motifs is 2. The Labute approximate surface area is 137 Å². The molecule has 2 aliphatic heterocycles. The Kier molecular flexibility index (Phi) is 5.18. The number of hydrogen-bond donors (Lipinski definition) is 1. The number of nitrogens with two attached hydrogens (primary N) is 1. The fourth-order valence-corrected chi connectivity index (χ4v) is 3.91. The van der Waals surface area contributed by atoms with Crippen molar-refractivity contribution in [2.45, 2.75) is 50.3 Å². The molecule has 0 aromatic heterocycles. The predicted molar refractivity (Wildman–Crippen MR) is 88.4 cm³/mol. The van der Waals surface area contributed by atoms with Gasteiger partial charge in [0.1, 0.15) is 12.4 Å². The fourth-order valence-electron chi connectivity index (χ4n) is 3.91. The summed E-state index contributed by atoms with van der Waals surface area (Å²) in [6.07, 6.45) is 4.90. The highest BCUT2D eigenvalue weighted by atomic mass is 16.5. The highest BCUT2D eigenvalue weighted by molar-refractivity contribution is 5.80. The Morgan fingerprint density at radius 3 is 2.70 bits per heavy atom. The monoisotopic (exact) mass is 318 g/mol. The molecule has 2 heterocycles. The highest BCUT2D eigenvalue weighted by Crippen LogP contribution is 2.37. The number of piperidine rings is 1. The van der Waals surface area contributed by atoms with Crippen LogP contribution in [-0.4, -0.2) is 49.3 Å². The lowest BCUT2D eigenvalue weighted by molar-refractivity contribution is -0.137. The van der Waals surface area contributed by atoms with Crippen LogP contribution in [0.15, 0.2) is 24.3 Å². The van der Waals surface area contributed by atoms with Gasteiger partial charge in [0.25, 0.3) is 0 Å². The third-order valence-corrected chi connectivity index (χ3v) is 4.95. The van der Waals surface area contributed by atoms with E-state index in [4.69, 9.17) is 15.2 Å². The molecule has 1 aromatic carbocycles. The molecule has 1 amide bonds. The van der Waals surface area contributed by atoms with Crippen molar-refractivity contribution >= 4 is 5.91 Å². The van der Waals surface area contributed by atoms with Gasteiger partial charge in [-0.15, -0.1) is 0 Å². The summed E-state index contributed by atoms with van der Waals surface area (Å²) < 4.78 is 11.0. The van der Waals surface area contributed by atoms with E-state index in [1.165, 1.54) is 0 Å². The molecule has 5 nitrogen and oxygen atoms in total. The largest absolute Gasteiger partial charge is 0.492 e. The maximum Gasteiger partial charge on any atom is 0.227 e. The van der Waals surface area contributed by atoms with Gasteiger partial charge in [-0.05, 0) is 43.4 Å². The van der Waals surface area contributed by atoms with E-state index in [0.29, 0.717) is 37.8 Å². The third-order valence-electron chi connectivity index (χ3n) is 4.95. The van der Waals surface area contributed by atoms with Crippen LogP contribution in [0.3, 0.4) is 0 Å². The van der Waals surface area contributed by atoms with Crippen LogP contribution >= 0.6 is 0 Å². The van der Waals surface area contributed by atoms with Crippen LogP contribution in [0.25, 0.3) is 0 Å². The van der Waals surface area contributed by atoms with Crippen LogP contribution in [0.1, 0.15) is 31.2 Å². The summed E-state index contributed by atoms with van der Waals surface area (Å²) >= 11 is 0. The summed E-state index contributed by atoms with van der Waals surface area (Å²) in [5, 5.41) is 0. The molecule has 0 aliphatic carbocycles. The first-order valence-corrected chi connectivity index (χ1v) is 8.47. The standard InChI is InChI=1S/C18H26N2O3/c1-22-17-11-14-5-6-15(12-17)20(14)18(21)10-13-3-2-4-16(9-13)23-8-7-19/h2-4,9,14-15,17H,5-8,10-12,19H2,1H3/t14-,15+,17?. The summed E-state index contributed by atoms with van der Waals surface area (Å²) in [6.45, 7) is 0.979. The van der Waals surface area contributed by atoms with Gasteiger partial charge >= 0.3 is 0 Å². The number of carbonyl (C=O) groups is 1. The average Bonchev–Trinajstić information content (AvgIpc) is 2.83. The molecule has 2 aliphatic rings. The molecule has 2 saturated heterocycles. The number of amides is 1. The Morgan fingerprint density at radius 2 is 2.04 bits per heavy atom. The van der Waals surface area contributed by atoms with E-state index >= 15 is 0 Å². The molecule has 0 saturated carbocycles. The molecule has 3 rings (SSSR count). The van der Waals surface area contributed by atoms with E-state index < -0.39 is 0 Å². The van der Waals surface area contributed by atoms with Crippen LogP contribution in [-0.2, 0) is 16.0 Å². The van der Waals surface area contributed by atoms with Crippen LogP contribution in [0.2, 0.25) is 0 Å². The number of methoxy groups -OCH3 is 1. The molecule has 3 atom stereocenters. The minimum Gasteiger partial charge on any atom is -0.492 e. The molecular weight excluding hydrogens is 292 g/mol. The molecule has 126 valence electrons. The predicted octanol–water partition coefficient (Wildman–Crippen LogP) is 1.73. The first-order valence-electron chi connectivity index (χ1n) is 8.47. The van der Waals surface area contributed by atoms with Crippen molar-refractivity contribution < 1.29 is 14.3 Å². The zero-order chi connectivity index (χ0) is 16.2. The highest BCUT2D eigenvalue weighted by Gasteiger charge is 2.42. The molecule has 5 heteroatoms. The van der Waals surface area contributed by atoms with Crippen LogP contribution < -0.4 is 10.5 Å². The maximum absolute atomic E-state index is 12.8. The van der Waals surface area contributed by atoms with E-state index in [-0.39, 0.29) is 5.91 Å². The zero-order valence-corrected chi connectivity index (χ0v) is 13.7. The fraction of sp³-hybridized carbons (Fsp3) is 0.611. The topological polar surface area (TPSA) is 64.8 Å². The van der Waals surface area contributed by atoms with Gasteiger partial charge in [-0.3, -0.25) is 4.79 Å². The lowest BCUT2D eigenvalue weighted by Crippen LogP contribution is -2.48. The number of rotatable bonds is 6. The lowest BCUT2D eigenvalue weighted by atomic mass is 9.98. The Hall–Kier alpha value is -1.59. The Balaban J connectivity index is 1.63. The van der Waals surface area contributed by atoms with Crippen molar-refractivity contribution in [2.24, 2.45) is 5.73 Å². The molecule has 23 heavy (non-hydrogen) atoms. The first kappa shape index (κ1) is 16.3. The number of ether oxygens (including phenoxy) is 2. The molecule has 1 aromatic rings. The quantitative estimate of drug-likeness (QED) is 0.867. The van der Waals surface area contributed by atoms with E-state index in [2.05, 4.69) is 4.90 Å². The molecule has 0 radical (unpaired) electrons. The number of benzene rings is 1. The van der Waals surface area contributed by atoms with Gasteiger partial charge in [-0.2, -0.15) is 0 Å². The summed E-state index contributed by atoms with van der Waals surface area (Å²) in [4.78, 5) is 14.9. The number of carbonyl (C=O) groups excluding carboxylic acids is 1. The minimum absolute atomic E-state index is 0.225. The van der Waals surface area contributed by atoms with Crippen molar-refractivity contribution in [3.63, 3.8) is 0 Å². The van der Waals surface area contributed by atoms with E-state index in [9.17, 15) is 4.79 Å². The summed E-state index contributed by atoms with van der Waals surface area (Å²) in [5.41, 5.74) is 6.45. The SMILES string of the molecule is COC1C[C@H]2CC[C@@H](C1)N2C(=O)Cc1cccc(OCCN)c1. The van der Waals surface area contributed by atoms with E-state index in [0.717, 1.165) is 37.0 Å². The normalized spacial score (nSPS) is 26.3. The average molecular weight is 318 g/mol.